The molecule has 1 aliphatic rings. The van der Waals surface area contributed by atoms with E-state index < -0.39 is 46.0 Å². The maximum Gasteiger partial charge on any atom is 0.416 e. The molecule has 0 fully saturated rings. The Kier molecular flexibility index (Phi) is 8.14. The van der Waals surface area contributed by atoms with Gasteiger partial charge in [0.25, 0.3) is 15.9 Å². The number of thiophene rings is 1. The Bertz CT molecular complexity index is 1530. The van der Waals surface area contributed by atoms with E-state index >= 15 is 0 Å². The fraction of sp³-hybridized carbons (Fsp3) is 0.280. The molecule has 1 aliphatic heterocycles. The molecule has 0 spiro atoms. The number of carbonyl (C=O) groups is 2. The Morgan fingerprint density at radius 3 is 2.56 bits per heavy atom. The fourth-order valence-electron chi connectivity index (χ4n) is 4.02. The van der Waals surface area contributed by atoms with Crippen LogP contribution in [0.25, 0.3) is 0 Å². The first-order valence-corrected chi connectivity index (χ1v) is 14.2. The molecule has 208 valence electrons. The van der Waals surface area contributed by atoms with E-state index in [4.69, 9.17) is 16.3 Å². The second-order valence-electron chi connectivity index (χ2n) is 8.64. The van der Waals surface area contributed by atoms with Crippen LogP contribution in [-0.2, 0) is 21.0 Å². The zero-order valence-electron chi connectivity index (χ0n) is 20.6. The van der Waals surface area contributed by atoms with Gasteiger partial charge in [-0.25, -0.2) is 8.42 Å². The van der Waals surface area contributed by atoms with E-state index in [0.29, 0.717) is 0 Å². The van der Waals surface area contributed by atoms with Crippen molar-refractivity contribution >= 4 is 50.5 Å². The molecular weight excluding hydrogens is 579 g/mol. The van der Waals surface area contributed by atoms with Gasteiger partial charge in [-0.3, -0.25) is 13.9 Å². The summed E-state index contributed by atoms with van der Waals surface area (Å²) in [4.78, 5) is 26.4. The van der Waals surface area contributed by atoms with Crippen molar-refractivity contribution in [3.8, 4) is 5.75 Å². The second-order valence-corrected chi connectivity index (χ2v) is 12.0. The Hall–Kier alpha value is -3.29. The molecule has 1 atom stereocenters. The molecule has 1 aromatic heterocycles. The third kappa shape index (κ3) is 6.15. The number of fused-ring (bicyclic) bond motifs is 1. The minimum absolute atomic E-state index is 0.00551. The number of anilines is 1. The van der Waals surface area contributed by atoms with Crippen LogP contribution >= 0.6 is 22.9 Å². The number of hydrogen-bond acceptors (Lipinski definition) is 6. The Morgan fingerprint density at radius 1 is 1.18 bits per heavy atom. The molecule has 3 aromatic rings. The standard InChI is InChI=1S/C25H23ClF3N3O5S2/c1-14-9-17(13-38-14)39(35,36)32-7-8-37-22-6-3-15(10-21(22)32)24(34)31-20(12-23(33)30-2)18-11-16(25(27,28)29)4-5-19(18)26/h3-6,9-11,13,20H,7-8,12H2,1-2H3,(H,30,33)(H,31,34)/t20-/m0/s1. The van der Waals surface area contributed by atoms with E-state index in [2.05, 4.69) is 10.6 Å². The molecule has 8 nitrogen and oxygen atoms in total. The van der Waals surface area contributed by atoms with Gasteiger partial charge in [0.2, 0.25) is 5.91 Å². The predicted octanol–water partition coefficient (Wildman–Crippen LogP) is 4.92. The third-order valence-electron chi connectivity index (χ3n) is 6.01. The van der Waals surface area contributed by atoms with E-state index in [-0.39, 0.29) is 45.6 Å². The number of ether oxygens (including phenoxy) is 1. The fourth-order valence-corrected chi connectivity index (χ4v) is 6.84. The van der Waals surface area contributed by atoms with E-state index in [1.165, 1.54) is 42.0 Å². The van der Waals surface area contributed by atoms with Crippen LogP contribution in [0.3, 0.4) is 0 Å². The van der Waals surface area contributed by atoms with Crippen molar-refractivity contribution in [2.45, 2.75) is 30.5 Å². The van der Waals surface area contributed by atoms with E-state index in [0.717, 1.165) is 27.4 Å². The molecule has 2 amide bonds. The highest BCUT2D eigenvalue weighted by Crippen LogP contribution is 2.38. The molecule has 2 aromatic carbocycles. The summed E-state index contributed by atoms with van der Waals surface area (Å²) in [6, 6.07) is 7.13. The van der Waals surface area contributed by atoms with Crippen LogP contribution in [-0.4, -0.2) is 40.4 Å². The van der Waals surface area contributed by atoms with Gasteiger partial charge in [0.15, 0.2) is 0 Å². The Labute approximate surface area is 231 Å². The van der Waals surface area contributed by atoms with Crippen LogP contribution in [0.1, 0.15) is 38.8 Å². The van der Waals surface area contributed by atoms with Crippen LogP contribution in [0.5, 0.6) is 5.75 Å². The van der Waals surface area contributed by atoms with Gasteiger partial charge in [0.05, 0.1) is 35.2 Å². The third-order valence-corrected chi connectivity index (χ3v) is 9.15. The molecule has 2 N–H and O–H groups in total. The summed E-state index contributed by atoms with van der Waals surface area (Å²) in [7, 11) is -2.60. The summed E-state index contributed by atoms with van der Waals surface area (Å²) in [5.74, 6) is -1.05. The number of nitrogens with one attached hydrogen (secondary N) is 2. The van der Waals surface area contributed by atoms with Gasteiger partial charge in [-0.05, 0) is 55.0 Å². The second kappa shape index (κ2) is 11.1. The molecule has 0 radical (unpaired) electrons. The number of benzene rings is 2. The number of rotatable bonds is 7. The van der Waals surface area contributed by atoms with Gasteiger partial charge in [-0.1, -0.05) is 11.6 Å². The van der Waals surface area contributed by atoms with Gasteiger partial charge >= 0.3 is 6.18 Å². The maximum absolute atomic E-state index is 13.4. The average molecular weight is 602 g/mol. The molecule has 0 unspecified atom stereocenters. The number of nitrogens with zero attached hydrogens (tertiary/aromatic N) is 1. The molecule has 2 heterocycles. The van der Waals surface area contributed by atoms with Crippen molar-refractivity contribution in [2.75, 3.05) is 24.5 Å². The smallest absolute Gasteiger partial charge is 0.416 e. The minimum Gasteiger partial charge on any atom is -0.489 e. The van der Waals surface area contributed by atoms with Crippen LogP contribution in [0, 0.1) is 6.92 Å². The number of alkyl halides is 3. The van der Waals surface area contributed by atoms with Crippen molar-refractivity contribution in [3.05, 3.63) is 74.4 Å². The highest BCUT2D eigenvalue weighted by molar-refractivity contribution is 7.93. The van der Waals surface area contributed by atoms with Crippen LogP contribution in [0.15, 0.2) is 52.7 Å². The molecule has 4 rings (SSSR count). The lowest BCUT2D eigenvalue weighted by molar-refractivity contribution is -0.137. The number of halogens is 4. The normalized spacial score (nSPS) is 14.3. The quantitative estimate of drug-likeness (QED) is 0.400. The van der Waals surface area contributed by atoms with Crippen LogP contribution in [0.2, 0.25) is 5.02 Å². The Balaban J connectivity index is 1.69. The summed E-state index contributed by atoms with van der Waals surface area (Å²) in [6.07, 6.45) is -5.06. The molecule has 0 aliphatic carbocycles. The summed E-state index contributed by atoms with van der Waals surface area (Å²) in [5.41, 5.74) is -0.945. The van der Waals surface area contributed by atoms with Crippen molar-refractivity contribution < 1.29 is 35.9 Å². The monoisotopic (exact) mass is 601 g/mol. The molecule has 0 saturated heterocycles. The average Bonchev–Trinajstić information content (AvgIpc) is 3.34. The van der Waals surface area contributed by atoms with Crippen molar-refractivity contribution in [1.29, 1.82) is 0 Å². The minimum atomic E-state index is -4.67. The first kappa shape index (κ1) is 28.7. The zero-order valence-corrected chi connectivity index (χ0v) is 23.0. The van der Waals surface area contributed by atoms with Crippen LogP contribution in [0.4, 0.5) is 18.9 Å². The summed E-state index contributed by atoms with van der Waals surface area (Å²) >= 11 is 7.47. The van der Waals surface area contributed by atoms with Crippen molar-refractivity contribution in [2.24, 2.45) is 0 Å². The molecule has 0 saturated carbocycles. The maximum atomic E-state index is 13.4. The van der Waals surface area contributed by atoms with Gasteiger partial charge in [-0.2, -0.15) is 13.2 Å². The molecule has 39 heavy (non-hydrogen) atoms. The van der Waals surface area contributed by atoms with Crippen LogP contribution < -0.4 is 19.7 Å². The number of aryl methyl sites for hydroxylation is 1. The SMILES string of the molecule is CNC(=O)C[C@H](NC(=O)c1ccc2c(c1)N(S(=O)(=O)c1csc(C)c1)CCO2)c1cc(C(F)(F)F)ccc1Cl. The number of carbonyl (C=O) groups excluding carboxylic acids is 2. The first-order chi connectivity index (χ1) is 18.3. The van der Waals surface area contributed by atoms with E-state index in [1.807, 2.05) is 0 Å². The number of amides is 2. The summed E-state index contributed by atoms with van der Waals surface area (Å²) < 4.78 is 73.5. The van der Waals surface area contributed by atoms with Crippen molar-refractivity contribution in [1.82, 2.24) is 10.6 Å². The largest absolute Gasteiger partial charge is 0.489 e. The zero-order chi connectivity index (χ0) is 28.5. The topological polar surface area (TPSA) is 105 Å². The van der Waals surface area contributed by atoms with Gasteiger partial charge in [0, 0.05) is 27.9 Å². The van der Waals surface area contributed by atoms with Crippen molar-refractivity contribution in [3.63, 3.8) is 0 Å². The summed E-state index contributed by atoms with van der Waals surface area (Å²) in [6.45, 7) is 1.89. The highest BCUT2D eigenvalue weighted by Gasteiger charge is 2.34. The molecule has 0 bridgehead atoms. The predicted molar refractivity (Wildman–Crippen MR) is 141 cm³/mol. The van der Waals surface area contributed by atoms with E-state index in [1.54, 1.807) is 13.0 Å². The lowest BCUT2D eigenvalue weighted by Gasteiger charge is -2.30. The van der Waals surface area contributed by atoms with Gasteiger partial charge in [0.1, 0.15) is 12.4 Å². The first-order valence-electron chi connectivity index (χ1n) is 11.5. The van der Waals surface area contributed by atoms with Gasteiger partial charge in [-0.15, -0.1) is 11.3 Å². The number of hydrogen-bond donors (Lipinski definition) is 2. The number of sulfonamides is 1. The van der Waals surface area contributed by atoms with Gasteiger partial charge < -0.3 is 15.4 Å². The molecule has 14 heteroatoms. The highest BCUT2D eigenvalue weighted by atomic mass is 35.5. The summed E-state index contributed by atoms with van der Waals surface area (Å²) in [5, 5.41) is 6.41. The molecular formula is C25H23ClF3N3O5S2. The lowest BCUT2D eigenvalue weighted by atomic mass is 9.99. The van der Waals surface area contributed by atoms with E-state index in [9.17, 15) is 31.2 Å². The Morgan fingerprint density at radius 2 is 1.92 bits per heavy atom. The lowest BCUT2D eigenvalue weighted by Crippen LogP contribution is -2.38.